The number of nitrogens with one attached hydrogen (secondary N) is 1. The predicted octanol–water partition coefficient (Wildman–Crippen LogP) is 4.83. The normalized spacial score (nSPS) is 19.1. The summed E-state index contributed by atoms with van der Waals surface area (Å²) in [6, 6.07) is 12.2. The van der Waals surface area contributed by atoms with Gasteiger partial charge < -0.3 is 29.1 Å². The number of aromatic nitrogens is 4. The van der Waals surface area contributed by atoms with Gasteiger partial charge in [-0.2, -0.15) is 0 Å². The van der Waals surface area contributed by atoms with Crippen molar-refractivity contribution in [3.05, 3.63) is 60.0 Å². The van der Waals surface area contributed by atoms with Crippen LogP contribution >= 0.6 is 0 Å². The number of carbonyl (C=O) groups is 1. The fourth-order valence-electron chi connectivity index (χ4n) is 8.08. The third-order valence-corrected chi connectivity index (χ3v) is 10.4. The molecule has 0 atom stereocenters. The van der Waals surface area contributed by atoms with Crippen LogP contribution in [0.1, 0.15) is 55.6 Å². The molecule has 0 radical (unpaired) electrons. The molecule has 3 saturated heterocycles. The number of fused-ring (bicyclic) bond motifs is 1. The molecule has 6 heterocycles. The summed E-state index contributed by atoms with van der Waals surface area (Å²) in [5.74, 6) is 0.707. The van der Waals surface area contributed by atoms with E-state index in [1.54, 1.807) is 51.6 Å². The first-order valence-corrected chi connectivity index (χ1v) is 17.2. The van der Waals surface area contributed by atoms with E-state index >= 15 is 0 Å². The minimum atomic E-state index is -1.03. The third kappa shape index (κ3) is 6.63. The zero-order valence-corrected chi connectivity index (χ0v) is 28.9. The van der Waals surface area contributed by atoms with E-state index in [0.717, 1.165) is 42.7 Å². The molecule has 11 nitrogen and oxygen atoms in total. The summed E-state index contributed by atoms with van der Waals surface area (Å²) in [6.45, 7) is 12.7. The van der Waals surface area contributed by atoms with Crippen molar-refractivity contribution in [1.82, 2.24) is 29.3 Å². The van der Waals surface area contributed by atoms with Crippen LogP contribution < -0.4 is 15.0 Å². The van der Waals surface area contributed by atoms with Crippen LogP contribution in [-0.2, 0) is 6.54 Å². The van der Waals surface area contributed by atoms with Gasteiger partial charge in [-0.15, -0.1) is 0 Å². The number of anilines is 2. The highest BCUT2D eigenvalue weighted by Crippen LogP contribution is 2.41. The van der Waals surface area contributed by atoms with E-state index in [9.17, 15) is 9.90 Å². The number of methoxy groups -OCH3 is 1. The Morgan fingerprint density at radius 1 is 1.06 bits per heavy atom. The molecule has 0 unspecified atom stereocenters. The molecule has 48 heavy (non-hydrogen) atoms. The predicted molar refractivity (Wildman–Crippen MR) is 189 cm³/mol. The number of hydrogen-bond donors (Lipinski definition) is 2. The van der Waals surface area contributed by atoms with Crippen molar-refractivity contribution in [1.29, 1.82) is 0 Å². The SMILES string of the molecule is COc1ccncc1-c1cc(C(=O)Nc2nc3ccc(N4CCC(N5CCC6(CC5)CN(C)C6)CC4)cc3n2CC(C)(C)O)cc(C)n1. The van der Waals surface area contributed by atoms with Gasteiger partial charge in [0.05, 0.1) is 41.5 Å². The second-order valence-corrected chi connectivity index (χ2v) is 14.8. The zero-order chi connectivity index (χ0) is 33.6. The van der Waals surface area contributed by atoms with Gasteiger partial charge in [-0.05, 0) is 108 Å². The smallest absolute Gasteiger partial charge is 0.258 e. The Kier molecular flexibility index (Phi) is 8.63. The van der Waals surface area contributed by atoms with Crippen molar-refractivity contribution in [2.24, 2.45) is 5.41 Å². The molecule has 0 saturated carbocycles. The van der Waals surface area contributed by atoms with Gasteiger partial charge in [0.2, 0.25) is 5.95 Å². The summed E-state index contributed by atoms with van der Waals surface area (Å²) < 4.78 is 7.43. The number of likely N-dealkylation sites (tertiary alicyclic amines) is 2. The van der Waals surface area contributed by atoms with Crippen LogP contribution in [0, 0.1) is 12.3 Å². The van der Waals surface area contributed by atoms with E-state index in [1.807, 2.05) is 17.6 Å². The Labute approximate surface area is 282 Å². The van der Waals surface area contributed by atoms with E-state index in [0.29, 0.717) is 45.7 Å². The standard InChI is InChI=1S/C37H48N8O3/c1-25-18-26(19-31(39-25)29-21-38-13-8-33(29)48-5)34(46)41-35-40-30-7-6-28(20-32(30)45(35)22-36(2,3)47)43-14-9-27(10-15-43)44-16-11-37(12-17-44)23-42(4)24-37/h6-8,13,18-21,27,47H,9-12,14-17,22-24H2,1-5H3,(H,40,41,46). The highest BCUT2D eigenvalue weighted by molar-refractivity contribution is 6.05. The van der Waals surface area contributed by atoms with Gasteiger partial charge in [-0.1, -0.05) is 0 Å². The van der Waals surface area contributed by atoms with E-state index in [-0.39, 0.29) is 12.5 Å². The molecule has 4 aromatic rings. The number of benzene rings is 1. The van der Waals surface area contributed by atoms with Gasteiger partial charge in [0, 0.05) is 61.6 Å². The quantitative estimate of drug-likeness (QED) is 0.277. The molecule has 1 spiro atoms. The van der Waals surface area contributed by atoms with Gasteiger partial charge in [0.25, 0.3) is 5.91 Å². The maximum Gasteiger partial charge on any atom is 0.258 e. The average molecular weight is 653 g/mol. The molecule has 254 valence electrons. The number of aliphatic hydroxyl groups is 1. The molecule has 1 aromatic carbocycles. The molecule has 0 bridgehead atoms. The van der Waals surface area contributed by atoms with E-state index in [4.69, 9.17) is 9.72 Å². The summed E-state index contributed by atoms with van der Waals surface area (Å²) >= 11 is 0. The van der Waals surface area contributed by atoms with Crippen molar-refractivity contribution >= 4 is 28.6 Å². The maximum atomic E-state index is 13.7. The monoisotopic (exact) mass is 652 g/mol. The summed E-state index contributed by atoms with van der Waals surface area (Å²) in [7, 11) is 3.83. The lowest BCUT2D eigenvalue weighted by Gasteiger charge is -2.54. The summed E-state index contributed by atoms with van der Waals surface area (Å²) in [5, 5.41) is 13.9. The molecule has 2 N–H and O–H groups in total. The van der Waals surface area contributed by atoms with Crippen molar-refractivity contribution in [3.8, 4) is 17.0 Å². The topological polar surface area (TPSA) is 112 Å². The number of carbonyl (C=O) groups excluding carboxylic acids is 1. The first-order chi connectivity index (χ1) is 23.0. The fraction of sp³-hybridized carbons (Fsp3) is 0.514. The Morgan fingerprint density at radius 2 is 1.81 bits per heavy atom. The van der Waals surface area contributed by atoms with Gasteiger partial charge in [-0.3, -0.25) is 20.1 Å². The molecule has 3 aromatic heterocycles. The third-order valence-electron chi connectivity index (χ3n) is 10.4. The average Bonchev–Trinajstić information content (AvgIpc) is 3.38. The number of ether oxygens (including phenoxy) is 1. The van der Waals surface area contributed by atoms with Crippen molar-refractivity contribution < 1.29 is 14.6 Å². The Hall–Kier alpha value is -4.06. The van der Waals surface area contributed by atoms with Crippen LogP contribution in [0.5, 0.6) is 5.75 Å². The summed E-state index contributed by atoms with van der Waals surface area (Å²) in [5.41, 5.74) is 4.78. The molecule has 3 fully saturated rings. The molecule has 11 heteroatoms. The van der Waals surface area contributed by atoms with Gasteiger partial charge in [0.15, 0.2) is 0 Å². The molecule has 0 aliphatic carbocycles. The number of hydrogen-bond acceptors (Lipinski definition) is 9. The largest absolute Gasteiger partial charge is 0.496 e. The molecular weight excluding hydrogens is 604 g/mol. The van der Waals surface area contributed by atoms with Crippen LogP contribution in [0.3, 0.4) is 0 Å². The number of pyridine rings is 2. The van der Waals surface area contributed by atoms with Gasteiger partial charge in [0.1, 0.15) is 5.75 Å². The van der Waals surface area contributed by atoms with Crippen LogP contribution in [-0.4, -0.2) is 105 Å². The lowest BCUT2D eigenvalue weighted by Crippen LogP contribution is -2.60. The van der Waals surface area contributed by atoms with Crippen molar-refractivity contribution in [2.75, 3.05) is 63.6 Å². The molecular formula is C37H48N8O3. The van der Waals surface area contributed by atoms with Gasteiger partial charge in [-0.25, -0.2) is 4.98 Å². The highest BCUT2D eigenvalue weighted by Gasteiger charge is 2.44. The van der Waals surface area contributed by atoms with E-state index in [2.05, 4.69) is 49.2 Å². The number of rotatable bonds is 8. The first-order valence-electron chi connectivity index (χ1n) is 17.2. The molecule has 3 aliphatic heterocycles. The highest BCUT2D eigenvalue weighted by atomic mass is 16.5. The number of amides is 1. The zero-order valence-electron chi connectivity index (χ0n) is 28.9. The lowest BCUT2D eigenvalue weighted by atomic mass is 9.72. The summed E-state index contributed by atoms with van der Waals surface area (Å²) in [4.78, 5) is 35.1. The summed E-state index contributed by atoms with van der Waals surface area (Å²) in [6.07, 6.45) is 8.33. The van der Waals surface area contributed by atoms with Crippen LogP contribution in [0.25, 0.3) is 22.3 Å². The first kappa shape index (κ1) is 32.5. The molecule has 3 aliphatic rings. The fourth-order valence-corrected chi connectivity index (χ4v) is 8.08. The Bertz CT molecular complexity index is 1790. The van der Waals surface area contributed by atoms with Crippen LogP contribution in [0.4, 0.5) is 11.6 Å². The van der Waals surface area contributed by atoms with E-state index in [1.165, 1.54) is 39.0 Å². The van der Waals surface area contributed by atoms with Crippen LogP contribution in [0.2, 0.25) is 0 Å². The lowest BCUT2D eigenvalue weighted by molar-refractivity contribution is -0.0419. The maximum absolute atomic E-state index is 13.7. The Morgan fingerprint density at radius 3 is 2.50 bits per heavy atom. The van der Waals surface area contributed by atoms with Crippen LogP contribution in [0.15, 0.2) is 48.8 Å². The minimum Gasteiger partial charge on any atom is -0.496 e. The number of aryl methyl sites for hydroxylation is 1. The number of imidazole rings is 1. The Balaban J connectivity index is 1.09. The second-order valence-electron chi connectivity index (χ2n) is 14.8. The number of nitrogens with zero attached hydrogens (tertiary/aromatic N) is 7. The second kappa shape index (κ2) is 12.8. The van der Waals surface area contributed by atoms with E-state index < -0.39 is 5.60 Å². The van der Waals surface area contributed by atoms with Gasteiger partial charge >= 0.3 is 0 Å². The van der Waals surface area contributed by atoms with Crippen molar-refractivity contribution in [3.63, 3.8) is 0 Å². The molecule has 1 amide bonds. The van der Waals surface area contributed by atoms with Crippen molar-refractivity contribution in [2.45, 2.75) is 64.6 Å². The minimum absolute atomic E-state index is 0.268. The molecule has 7 rings (SSSR count). The number of piperidine rings is 2.